The summed E-state index contributed by atoms with van der Waals surface area (Å²) in [5.41, 5.74) is 0. The molecule has 1 aromatic rings. The van der Waals surface area contributed by atoms with Crippen molar-refractivity contribution in [2.75, 3.05) is 25.0 Å². The van der Waals surface area contributed by atoms with Crippen LogP contribution in [-0.4, -0.2) is 25.0 Å². The molecule has 0 radical (unpaired) electrons. The Bertz CT molecular complexity index is 251. The van der Waals surface area contributed by atoms with Crippen LogP contribution in [0.1, 0.15) is 0 Å². The van der Waals surface area contributed by atoms with Gasteiger partial charge in [-0.15, -0.1) is 0 Å². The first kappa shape index (κ1) is 12.0. The lowest BCUT2D eigenvalue weighted by Gasteiger charge is -2.06. The van der Waals surface area contributed by atoms with Crippen LogP contribution in [0.15, 0.2) is 28.7 Å². The van der Waals surface area contributed by atoms with Gasteiger partial charge in [0, 0.05) is 22.9 Å². The lowest BCUT2D eigenvalue weighted by molar-refractivity contribution is 0.315. The van der Waals surface area contributed by atoms with Crippen LogP contribution in [0.3, 0.4) is 0 Å². The minimum Gasteiger partial charge on any atom is -0.492 e. The Kier molecular flexibility index (Phi) is 6.23. The summed E-state index contributed by atoms with van der Waals surface area (Å²) >= 11 is 6.72. The van der Waals surface area contributed by atoms with Crippen LogP contribution >= 0.6 is 31.9 Å². The molecule has 0 saturated heterocycles. The van der Waals surface area contributed by atoms with Crippen LogP contribution in [0, 0.1) is 0 Å². The first-order chi connectivity index (χ1) is 6.83. The monoisotopic (exact) mass is 321 g/mol. The highest BCUT2D eigenvalue weighted by Crippen LogP contribution is 2.15. The van der Waals surface area contributed by atoms with Gasteiger partial charge in [0.15, 0.2) is 0 Å². The molecule has 0 saturated carbocycles. The first-order valence-electron chi connectivity index (χ1n) is 4.48. The minimum atomic E-state index is 0.703. The highest BCUT2D eigenvalue weighted by Gasteiger charge is 1.92. The van der Waals surface area contributed by atoms with Crippen molar-refractivity contribution < 1.29 is 4.74 Å². The zero-order chi connectivity index (χ0) is 10.2. The van der Waals surface area contributed by atoms with E-state index in [1.54, 1.807) is 0 Å². The number of rotatable bonds is 6. The van der Waals surface area contributed by atoms with E-state index < -0.39 is 0 Å². The second kappa shape index (κ2) is 7.26. The largest absolute Gasteiger partial charge is 0.492 e. The van der Waals surface area contributed by atoms with E-state index in [2.05, 4.69) is 37.2 Å². The fourth-order valence-corrected chi connectivity index (χ4v) is 1.51. The third-order valence-corrected chi connectivity index (χ3v) is 2.56. The molecule has 0 aliphatic heterocycles. The Balaban J connectivity index is 2.15. The van der Waals surface area contributed by atoms with Gasteiger partial charge < -0.3 is 10.1 Å². The smallest absolute Gasteiger partial charge is 0.119 e. The van der Waals surface area contributed by atoms with Gasteiger partial charge in [-0.1, -0.05) is 31.9 Å². The third-order valence-electron chi connectivity index (χ3n) is 1.63. The van der Waals surface area contributed by atoms with Crippen molar-refractivity contribution in [2.24, 2.45) is 0 Å². The van der Waals surface area contributed by atoms with Crippen LogP contribution in [0.4, 0.5) is 0 Å². The molecular formula is C10H13Br2NO. The Morgan fingerprint density at radius 3 is 2.50 bits per heavy atom. The van der Waals surface area contributed by atoms with Crippen LogP contribution in [0.2, 0.25) is 0 Å². The number of hydrogen-bond donors (Lipinski definition) is 1. The second-order valence-corrected chi connectivity index (χ2v) is 4.45. The molecule has 0 aliphatic rings. The Morgan fingerprint density at radius 2 is 1.86 bits per heavy atom. The van der Waals surface area contributed by atoms with Crippen LogP contribution in [0.5, 0.6) is 5.75 Å². The number of hydrogen-bond acceptors (Lipinski definition) is 2. The quantitative estimate of drug-likeness (QED) is 0.642. The summed E-state index contributed by atoms with van der Waals surface area (Å²) < 4.78 is 6.58. The lowest BCUT2D eigenvalue weighted by Crippen LogP contribution is -2.22. The Hall–Kier alpha value is -0.0600. The van der Waals surface area contributed by atoms with E-state index in [1.165, 1.54) is 0 Å². The first-order valence-corrected chi connectivity index (χ1v) is 6.39. The molecular weight excluding hydrogens is 310 g/mol. The summed E-state index contributed by atoms with van der Waals surface area (Å²) in [6.45, 7) is 2.56. The number of benzene rings is 1. The van der Waals surface area contributed by atoms with E-state index in [1.807, 2.05) is 24.3 Å². The lowest BCUT2D eigenvalue weighted by atomic mass is 10.3. The molecule has 0 heterocycles. The average molecular weight is 323 g/mol. The van der Waals surface area contributed by atoms with E-state index in [9.17, 15) is 0 Å². The SMILES string of the molecule is BrCCNCCOc1ccc(Br)cc1. The fourth-order valence-electron chi connectivity index (χ4n) is 0.964. The van der Waals surface area contributed by atoms with E-state index in [0.29, 0.717) is 6.61 Å². The molecule has 0 unspecified atom stereocenters. The highest BCUT2D eigenvalue weighted by molar-refractivity contribution is 9.10. The van der Waals surface area contributed by atoms with Crippen LogP contribution < -0.4 is 10.1 Å². The van der Waals surface area contributed by atoms with E-state index in [-0.39, 0.29) is 0 Å². The Morgan fingerprint density at radius 1 is 1.14 bits per heavy atom. The topological polar surface area (TPSA) is 21.3 Å². The van der Waals surface area contributed by atoms with Gasteiger partial charge in [-0.05, 0) is 24.3 Å². The summed E-state index contributed by atoms with van der Waals surface area (Å²) in [6.07, 6.45) is 0. The molecule has 0 aliphatic carbocycles. The fraction of sp³-hybridized carbons (Fsp3) is 0.400. The number of nitrogens with one attached hydrogen (secondary N) is 1. The van der Waals surface area contributed by atoms with Gasteiger partial charge in [-0.3, -0.25) is 0 Å². The average Bonchev–Trinajstić information content (AvgIpc) is 2.21. The predicted molar refractivity (Wildman–Crippen MR) is 66.3 cm³/mol. The van der Waals surface area contributed by atoms with Crippen LogP contribution in [-0.2, 0) is 0 Å². The van der Waals surface area contributed by atoms with Crippen molar-refractivity contribution in [1.29, 1.82) is 0 Å². The standard InChI is InChI=1S/C10H13Br2NO/c11-5-6-13-7-8-14-10-3-1-9(12)2-4-10/h1-4,13H,5-8H2. The molecule has 78 valence electrons. The zero-order valence-electron chi connectivity index (χ0n) is 7.80. The summed E-state index contributed by atoms with van der Waals surface area (Å²) in [6, 6.07) is 7.85. The van der Waals surface area contributed by atoms with Crippen molar-refractivity contribution in [3.8, 4) is 5.75 Å². The van der Waals surface area contributed by atoms with Gasteiger partial charge in [0.2, 0.25) is 0 Å². The molecule has 1 N–H and O–H groups in total. The van der Waals surface area contributed by atoms with E-state index >= 15 is 0 Å². The van der Waals surface area contributed by atoms with Crippen molar-refractivity contribution >= 4 is 31.9 Å². The molecule has 2 nitrogen and oxygen atoms in total. The molecule has 0 bridgehead atoms. The number of alkyl halides is 1. The number of ether oxygens (including phenoxy) is 1. The van der Waals surface area contributed by atoms with Gasteiger partial charge in [-0.25, -0.2) is 0 Å². The summed E-state index contributed by atoms with van der Waals surface area (Å²) in [7, 11) is 0. The van der Waals surface area contributed by atoms with Gasteiger partial charge in [-0.2, -0.15) is 0 Å². The predicted octanol–water partition coefficient (Wildman–Crippen LogP) is 2.81. The van der Waals surface area contributed by atoms with Crippen molar-refractivity contribution in [3.05, 3.63) is 28.7 Å². The molecule has 0 amide bonds. The van der Waals surface area contributed by atoms with Gasteiger partial charge >= 0.3 is 0 Å². The molecule has 0 fully saturated rings. The molecule has 1 rings (SSSR count). The maximum atomic E-state index is 5.51. The van der Waals surface area contributed by atoms with Crippen LogP contribution in [0.25, 0.3) is 0 Å². The summed E-state index contributed by atoms with van der Waals surface area (Å²) in [4.78, 5) is 0. The molecule has 14 heavy (non-hydrogen) atoms. The minimum absolute atomic E-state index is 0.703. The normalized spacial score (nSPS) is 10.1. The molecule has 0 atom stereocenters. The van der Waals surface area contributed by atoms with Crippen molar-refractivity contribution in [3.63, 3.8) is 0 Å². The molecule has 1 aromatic carbocycles. The van der Waals surface area contributed by atoms with E-state index in [0.717, 1.165) is 28.6 Å². The number of halogens is 2. The van der Waals surface area contributed by atoms with Crippen molar-refractivity contribution in [1.82, 2.24) is 5.32 Å². The molecule has 4 heteroatoms. The molecule has 0 spiro atoms. The van der Waals surface area contributed by atoms with Crippen molar-refractivity contribution in [2.45, 2.75) is 0 Å². The Labute approximate surface area is 101 Å². The van der Waals surface area contributed by atoms with Gasteiger partial charge in [0.05, 0.1) is 0 Å². The zero-order valence-corrected chi connectivity index (χ0v) is 11.0. The molecule has 0 aromatic heterocycles. The van der Waals surface area contributed by atoms with Gasteiger partial charge in [0.25, 0.3) is 0 Å². The second-order valence-electron chi connectivity index (χ2n) is 2.74. The summed E-state index contributed by atoms with van der Waals surface area (Å²) in [5, 5.41) is 4.21. The third kappa shape index (κ3) is 4.98. The summed E-state index contributed by atoms with van der Waals surface area (Å²) in [5.74, 6) is 0.911. The van der Waals surface area contributed by atoms with E-state index in [4.69, 9.17) is 4.74 Å². The maximum absolute atomic E-state index is 5.51. The van der Waals surface area contributed by atoms with Gasteiger partial charge in [0.1, 0.15) is 12.4 Å². The maximum Gasteiger partial charge on any atom is 0.119 e. The highest BCUT2D eigenvalue weighted by atomic mass is 79.9.